The molecule has 1 amide bonds. The van der Waals surface area contributed by atoms with Gasteiger partial charge in [-0.25, -0.2) is 4.79 Å². The standard InChI is InChI=1S/C19H18ClN5O4/c1-12-3-5-13(6-4-12)19-22-24-25(23-19)10-18(27)29-11-17(26)21-15-9-14(20)7-8-16(15)28-2/h3-9H,10-11H2,1-2H3,(H,21,26). The lowest BCUT2D eigenvalue weighted by atomic mass is 10.1. The first kappa shape index (κ1) is 20.3. The maximum atomic E-state index is 12.0. The second kappa shape index (κ2) is 9.16. The number of ether oxygens (including phenoxy) is 2. The number of anilines is 1. The minimum atomic E-state index is -0.675. The van der Waals surface area contributed by atoms with Crippen LogP contribution < -0.4 is 10.1 Å². The molecular weight excluding hydrogens is 398 g/mol. The van der Waals surface area contributed by atoms with E-state index in [1.807, 2.05) is 31.2 Å². The summed E-state index contributed by atoms with van der Waals surface area (Å²) in [6.45, 7) is 1.23. The third-order valence-corrected chi connectivity index (χ3v) is 4.07. The normalized spacial score (nSPS) is 10.4. The third kappa shape index (κ3) is 5.52. The Hall–Kier alpha value is -3.46. The summed E-state index contributed by atoms with van der Waals surface area (Å²) in [6.07, 6.45) is 0. The zero-order valence-corrected chi connectivity index (χ0v) is 16.5. The third-order valence-electron chi connectivity index (χ3n) is 3.83. The monoisotopic (exact) mass is 415 g/mol. The van der Waals surface area contributed by atoms with Crippen molar-refractivity contribution < 1.29 is 19.1 Å². The van der Waals surface area contributed by atoms with Crippen LogP contribution in [0.3, 0.4) is 0 Å². The second-order valence-corrected chi connectivity index (χ2v) is 6.50. The predicted octanol–water partition coefficient (Wildman–Crippen LogP) is 2.49. The van der Waals surface area contributed by atoms with E-state index in [4.69, 9.17) is 21.1 Å². The quantitative estimate of drug-likeness (QED) is 0.590. The molecule has 0 atom stereocenters. The SMILES string of the molecule is COc1ccc(Cl)cc1NC(=O)COC(=O)Cn1nnc(-c2ccc(C)cc2)n1. The van der Waals surface area contributed by atoms with Crippen molar-refractivity contribution in [2.24, 2.45) is 0 Å². The number of tetrazole rings is 1. The van der Waals surface area contributed by atoms with Crippen LogP contribution >= 0.6 is 11.6 Å². The molecule has 3 aromatic rings. The zero-order chi connectivity index (χ0) is 20.8. The predicted molar refractivity (Wildman–Crippen MR) is 106 cm³/mol. The topological polar surface area (TPSA) is 108 Å². The summed E-state index contributed by atoms with van der Waals surface area (Å²) in [5.41, 5.74) is 2.27. The van der Waals surface area contributed by atoms with E-state index >= 15 is 0 Å². The smallest absolute Gasteiger partial charge is 0.330 e. The van der Waals surface area contributed by atoms with Crippen LogP contribution in [0.4, 0.5) is 5.69 Å². The number of methoxy groups -OCH3 is 1. The van der Waals surface area contributed by atoms with Crippen LogP contribution in [0.1, 0.15) is 5.56 Å². The number of benzene rings is 2. The lowest BCUT2D eigenvalue weighted by Gasteiger charge is -2.10. The molecule has 150 valence electrons. The van der Waals surface area contributed by atoms with Gasteiger partial charge in [0.05, 0.1) is 12.8 Å². The Kier molecular flexibility index (Phi) is 6.40. The molecule has 0 aliphatic carbocycles. The van der Waals surface area contributed by atoms with Gasteiger partial charge in [-0.15, -0.1) is 10.2 Å². The van der Waals surface area contributed by atoms with Gasteiger partial charge in [0.15, 0.2) is 13.2 Å². The molecule has 3 rings (SSSR count). The molecule has 0 aliphatic heterocycles. The van der Waals surface area contributed by atoms with Gasteiger partial charge in [0.1, 0.15) is 5.75 Å². The van der Waals surface area contributed by atoms with Crippen molar-refractivity contribution in [1.29, 1.82) is 0 Å². The van der Waals surface area contributed by atoms with E-state index in [0.29, 0.717) is 22.3 Å². The number of nitrogens with one attached hydrogen (secondary N) is 1. The Bertz CT molecular complexity index is 1020. The fraction of sp³-hybridized carbons (Fsp3) is 0.211. The number of carbonyl (C=O) groups is 2. The van der Waals surface area contributed by atoms with Crippen molar-refractivity contribution in [1.82, 2.24) is 20.2 Å². The van der Waals surface area contributed by atoms with Crippen molar-refractivity contribution in [2.75, 3.05) is 19.0 Å². The van der Waals surface area contributed by atoms with Gasteiger partial charge in [-0.3, -0.25) is 4.79 Å². The maximum absolute atomic E-state index is 12.0. The molecule has 1 aromatic heterocycles. The summed E-state index contributed by atoms with van der Waals surface area (Å²) in [4.78, 5) is 25.1. The second-order valence-electron chi connectivity index (χ2n) is 6.06. The molecular formula is C19H18ClN5O4. The van der Waals surface area contributed by atoms with E-state index in [-0.39, 0.29) is 6.54 Å². The van der Waals surface area contributed by atoms with Gasteiger partial charge in [-0.05, 0) is 30.3 Å². The molecule has 0 aliphatic rings. The largest absolute Gasteiger partial charge is 0.495 e. The van der Waals surface area contributed by atoms with Gasteiger partial charge in [-0.1, -0.05) is 41.4 Å². The molecule has 0 bridgehead atoms. The molecule has 0 saturated carbocycles. The summed E-state index contributed by atoms with van der Waals surface area (Å²) in [6, 6.07) is 12.4. The van der Waals surface area contributed by atoms with Crippen molar-refractivity contribution in [3.63, 3.8) is 0 Å². The fourth-order valence-electron chi connectivity index (χ4n) is 2.40. The summed E-state index contributed by atoms with van der Waals surface area (Å²) in [5.74, 6) is -0.384. The number of halogens is 1. The molecule has 0 spiro atoms. The number of nitrogens with zero attached hydrogens (tertiary/aromatic N) is 4. The first-order chi connectivity index (χ1) is 13.9. The average Bonchev–Trinajstić information content (AvgIpc) is 3.15. The van der Waals surface area contributed by atoms with Gasteiger partial charge in [0.25, 0.3) is 5.91 Å². The molecule has 0 fully saturated rings. The Morgan fingerprint density at radius 1 is 1.17 bits per heavy atom. The van der Waals surface area contributed by atoms with E-state index in [1.165, 1.54) is 13.2 Å². The van der Waals surface area contributed by atoms with E-state index < -0.39 is 18.5 Å². The number of hydrogen-bond donors (Lipinski definition) is 1. The molecule has 1 heterocycles. The lowest BCUT2D eigenvalue weighted by Crippen LogP contribution is -2.23. The van der Waals surface area contributed by atoms with Gasteiger partial charge in [0.2, 0.25) is 5.82 Å². The molecule has 1 N–H and O–H groups in total. The highest BCUT2D eigenvalue weighted by atomic mass is 35.5. The molecule has 0 saturated heterocycles. The number of aromatic nitrogens is 4. The molecule has 9 nitrogen and oxygen atoms in total. The maximum Gasteiger partial charge on any atom is 0.330 e. The van der Waals surface area contributed by atoms with Crippen LogP contribution in [-0.4, -0.2) is 45.8 Å². The summed E-state index contributed by atoms with van der Waals surface area (Å²) in [5, 5.41) is 14.9. The highest BCUT2D eigenvalue weighted by Gasteiger charge is 2.13. The minimum Gasteiger partial charge on any atom is -0.495 e. The average molecular weight is 416 g/mol. The van der Waals surface area contributed by atoms with Crippen molar-refractivity contribution in [3.8, 4) is 17.1 Å². The molecule has 0 unspecified atom stereocenters. The molecule has 0 radical (unpaired) electrons. The fourth-order valence-corrected chi connectivity index (χ4v) is 2.57. The number of esters is 1. The van der Waals surface area contributed by atoms with Gasteiger partial charge in [0, 0.05) is 10.6 Å². The Morgan fingerprint density at radius 3 is 2.66 bits per heavy atom. The molecule has 2 aromatic carbocycles. The first-order valence-electron chi connectivity index (χ1n) is 8.58. The van der Waals surface area contributed by atoms with Crippen LogP contribution in [0.15, 0.2) is 42.5 Å². The van der Waals surface area contributed by atoms with E-state index in [2.05, 4.69) is 20.7 Å². The lowest BCUT2D eigenvalue weighted by molar-refractivity contribution is -0.148. The number of amides is 1. The molecule has 29 heavy (non-hydrogen) atoms. The van der Waals surface area contributed by atoms with Crippen LogP contribution in [0, 0.1) is 6.92 Å². The van der Waals surface area contributed by atoms with Gasteiger partial charge >= 0.3 is 5.97 Å². The van der Waals surface area contributed by atoms with Crippen molar-refractivity contribution >= 4 is 29.2 Å². The molecule has 10 heteroatoms. The highest BCUT2D eigenvalue weighted by Crippen LogP contribution is 2.27. The van der Waals surface area contributed by atoms with Crippen molar-refractivity contribution in [3.05, 3.63) is 53.1 Å². The zero-order valence-electron chi connectivity index (χ0n) is 15.8. The Labute approximate surface area is 171 Å². The van der Waals surface area contributed by atoms with E-state index in [9.17, 15) is 9.59 Å². The van der Waals surface area contributed by atoms with Crippen LogP contribution in [-0.2, 0) is 20.9 Å². The Balaban J connectivity index is 1.52. The number of rotatable bonds is 7. The summed E-state index contributed by atoms with van der Waals surface area (Å²) in [7, 11) is 1.47. The van der Waals surface area contributed by atoms with Crippen LogP contribution in [0.5, 0.6) is 5.75 Å². The Morgan fingerprint density at radius 2 is 1.93 bits per heavy atom. The summed E-state index contributed by atoms with van der Waals surface area (Å²) < 4.78 is 10.1. The highest BCUT2D eigenvalue weighted by molar-refractivity contribution is 6.31. The number of aryl methyl sites for hydroxylation is 1. The summed E-state index contributed by atoms with van der Waals surface area (Å²) >= 11 is 5.91. The van der Waals surface area contributed by atoms with E-state index in [0.717, 1.165) is 15.9 Å². The first-order valence-corrected chi connectivity index (χ1v) is 8.96. The van der Waals surface area contributed by atoms with Crippen LogP contribution in [0.25, 0.3) is 11.4 Å². The van der Waals surface area contributed by atoms with Gasteiger partial charge in [-0.2, -0.15) is 4.80 Å². The van der Waals surface area contributed by atoms with E-state index in [1.54, 1.807) is 12.1 Å². The van der Waals surface area contributed by atoms with Gasteiger partial charge < -0.3 is 14.8 Å². The van der Waals surface area contributed by atoms with Crippen LogP contribution in [0.2, 0.25) is 5.02 Å². The van der Waals surface area contributed by atoms with Crippen molar-refractivity contribution in [2.45, 2.75) is 13.5 Å². The minimum absolute atomic E-state index is 0.271. The number of carbonyl (C=O) groups excluding carboxylic acids is 2. The number of hydrogen-bond acceptors (Lipinski definition) is 7.